The van der Waals surface area contributed by atoms with Crippen LogP contribution in [0.15, 0.2) is 52.9 Å². The zero-order chi connectivity index (χ0) is 19.5. The highest BCUT2D eigenvalue weighted by atomic mass is 32.2. The third-order valence-corrected chi connectivity index (χ3v) is 5.38. The first kappa shape index (κ1) is 18.6. The van der Waals surface area contributed by atoms with E-state index in [1.807, 2.05) is 48.5 Å². The highest BCUT2D eigenvalue weighted by Crippen LogP contribution is 2.29. The van der Waals surface area contributed by atoms with Crippen LogP contribution in [0.1, 0.15) is 21.6 Å². The van der Waals surface area contributed by atoms with E-state index in [2.05, 4.69) is 19.9 Å². The summed E-state index contributed by atoms with van der Waals surface area (Å²) in [4.78, 5) is 17.0. The first-order valence-corrected chi connectivity index (χ1v) is 10.2. The molecule has 0 aliphatic carbocycles. The van der Waals surface area contributed by atoms with Gasteiger partial charge in [0.2, 0.25) is 17.2 Å². The molecule has 142 valence electrons. The predicted octanol–water partition coefficient (Wildman–Crippen LogP) is 2.85. The SMILES string of the molecule is O=C(c1nnc(CCNS(=O)O)o1)c1nc2ccc(-c3ccccc3)cc2s1. The van der Waals surface area contributed by atoms with E-state index in [0.29, 0.717) is 0 Å². The largest absolute Gasteiger partial charge is 0.418 e. The minimum Gasteiger partial charge on any atom is -0.418 e. The normalized spacial score (nSPS) is 12.3. The maximum atomic E-state index is 12.6. The number of hydrogen-bond acceptors (Lipinski definition) is 7. The molecular formula is C18H14N4O4S2. The number of rotatable bonds is 7. The van der Waals surface area contributed by atoms with Crippen molar-refractivity contribution in [3.63, 3.8) is 0 Å². The molecule has 1 unspecified atom stereocenters. The van der Waals surface area contributed by atoms with Gasteiger partial charge in [0.1, 0.15) is 0 Å². The second kappa shape index (κ2) is 8.07. The maximum absolute atomic E-state index is 12.6. The minimum atomic E-state index is -2.11. The van der Waals surface area contributed by atoms with E-state index in [1.165, 1.54) is 11.3 Å². The van der Waals surface area contributed by atoms with Crippen molar-refractivity contribution in [3.05, 3.63) is 65.3 Å². The van der Waals surface area contributed by atoms with Gasteiger partial charge in [0.15, 0.2) is 5.01 Å². The summed E-state index contributed by atoms with van der Waals surface area (Å²) < 4.78 is 27.8. The Balaban J connectivity index is 1.55. The lowest BCUT2D eigenvalue weighted by Crippen LogP contribution is -2.19. The van der Waals surface area contributed by atoms with Gasteiger partial charge in [-0.15, -0.1) is 21.5 Å². The van der Waals surface area contributed by atoms with E-state index in [4.69, 9.17) is 8.97 Å². The number of carbonyl (C=O) groups excluding carboxylic acids is 1. The Morgan fingerprint density at radius 1 is 1.14 bits per heavy atom. The van der Waals surface area contributed by atoms with Crippen LogP contribution in [0.5, 0.6) is 0 Å². The third-order valence-electron chi connectivity index (χ3n) is 3.92. The molecule has 0 bridgehead atoms. The fourth-order valence-corrected chi connectivity index (χ4v) is 3.83. The van der Waals surface area contributed by atoms with Crippen molar-refractivity contribution in [1.82, 2.24) is 19.9 Å². The molecular weight excluding hydrogens is 400 g/mol. The van der Waals surface area contributed by atoms with Gasteiger partial charge in [-0.2, -0.15) is 0 Å². The number of benzene rings is 2. The Labute approximate surface area is 166 Å². The fraction of sp³-hybridized carbons (Fsp3) is 0.111. The van der Waals surface area contributed by atoms with Crippen LogP contribution in [-0.4, -0.2) is 36.3 Å². The summed E-state index contributed by atoms with van der Waals surface area (Å²) >= 11 is -0.845. The molecule has 0 spiro atoms. The monoisotopic (exact) mass is 414 g/mol. The topological polar surface area (TPSA) is 118 Å². The lowest BCUT2D eigenvalue weighted by molar-refractivity contribution is 0.100. The molecule has 2 heterocycles. The first-order valence-electron chi connectivity index (χ1n) is 8.27. The van der Waals surface area contributed by atoms with Crippen LogP contribution in [0.3, 0.4) is 0 Å². The summed E-state index contributed by atoms with van der Waals surface area (Å²) in [6.07, 6.45) is 0.229. The van der Waals surface area contributed by atoms with E-state index < -0.39 is 17.0 Å². The van der Waals surface area contributed by atoms with E-state index in [0.717, 1.165) is 21.3 Å². The van der Waals surface area contributed by atoms with E-state index in [-0.39, 0.29) is 29.8 Å². The molecule has 1 atom stereocenters. The molecule has 2 N–H and O–H groups in total. The van der Waals surface area contributed by atoms with Crippen molar-refractivity contribution in [1.29, 1.82) is 0 Å². The Bertz CT molecular complexity index is 1160. The van der Waals surface area contributed by atoms with Crippen LogP contribution in [0.2, 0.25) is 0 Å². The van der Waals surface area contributed by atoms with Gasteiger partial charge in [-0.05, 0) is 23.3 Å². The molecule has 8 nitrogen and oxygen atoms in total. The van der Waals surface area contributed by atoms with Gasteiger partial charge >= 0.3 is 0 Å². The quantitative estimate of drug-likeness (QED) is 0.353. The van der Waals surface area contributed by atoms with Gasteiger partial charge in [0.05, 0.1) is 10.2 Å². The zero-order valence-corrected chi connectivity index (χ0v) is 16.0. The van der Waals surface area contributed by atoms with Crippen molar-refractivity contribution < 1.29 is 18.0 Å². The van der Waals surface area contributed by atoms with Gasteiger partial charge in [-0.25, -0.2) is 13.9 Å². The molecule has 10 heteroatoms. The fourth-order valence-electron chi connectivity index (χ4n) is 2.62. The molecule has 0 amide bonds. The van der Waals surface area contributed by atoms with Crippen molar-refractivity contribution in [2.24, 2.45) is 0 Å². The molecule has 0 saturated heterocycles. The number of aromatic nitrogens is 3. The van der Waals surface area contributed by atoms with Crippen LogP contribution < -0.4 is 4.72 Å². The summed E-state index contributed by atoms with van der Waals surface area (Å²) in [6.45, 7) is 0.169. The number of fused-ring (bicyclic) bond motifs is 1. The van der Waals surface area contributed by atoms with Crippen LogP contribution in [0, 0.1) is 0 Å². The maximum Gasteiger partial charge on any atom is 0.291 e. The summed E-state index contributed by atoms with van der Waals surface area (Å²) in [7, 11) is 0. The molecule has 0 aliphatic rings. The number of hydrogen-bond donors (Lipinski definition) is 2. The molecule has 2 aromatic heterocycles. The Morgan fingerprint density at radius 2 is 1.96 bits per heavy atom. The molecule has 0 saturated carbocycles. The second-order valence-corrected chi connectivity index (χ2v) is 7.61. The van der Waals surface area contributed by atoms with Crippen LogP contribution >= 0.6 is 11.3 Å². The van der Waals surface area contributed by atoms with Crippen molar-refractivity contribution in [3.8, 4) is 11.1 Å². The Morgan fingerprint density at radius 3 is 2.75 bits per heavy atom. The Hall–Kier alpha value is -2.79. The van der Waals surface area contributed by atoms with Gasteiger partial charge in [-0.3, -0.25) is 9.35 Å². The zero-order valence-electron chi connectivity index (χ0n) is 14.4. The summed E-state index contributed by atoms with van der Waals surface area (Å²) in [5.74, 6) is -0.392. The predicted molar refractivity (Wildman–Crippen MR) is 105 cm³/mol. The lowest BCUT2D eigenvalue weighted by atomic mass is 10.1. The first-order chi connectivity index (χ1) is 13.6. The van der Waals surface area contributed by atoms with Gasteiger partial charge in [0.25, 0.3) is 11.7 Å². The van der Waals surface area contributed by atoms with Crippen LogP contribution in [-0.2, 0) is 17.7 Å². The van der Waals surface area contributed by atoms with Crippen molar-refractivity contribution in [2.45, 2.75) is 6.42 Å². The smallest absolute Gasteiger partial charge is 0.291 e. The van der Waals surface area contributed by atoms with Crippen molar-refractivity contribution >= 4 is 38.6 Å². The Kier molecular flexibility index (Phi) is 5.35. The summed E-state index contributed by atoms with van der Waals surface area (Å²) in [6, 6.07) is 15.8. The molecule has 0 fully saturated rings. The lowest BCUT2D eigenvalue weighted by Gasteiger charge is -2.00. The van der Waals surface area contributed by atoms with Crippen LogP contribution in [0.25, 0.3) is 21.3 Å². The summed E-state index contributed by atoms with van der Waals surface area (Å²) in [5.41, 5.74) is 2.86. The molecule has 4 aromatic rings. The molecule has 4 rings (SSSR count). The van der Waals surface area contributed by atoms with Gasteiger partial charge in [0, 0.05) is 13.0 Å². The molecule has 0 aliphatic heterocycles. The standard InChI is InChI=1S/C18H14N4O4S2/c23-16(17-22-21-15(26-17)8-9-19-28(24)25)18-20-13-7-6-12(10-14(13)27-18)11-4-2-1-3-5-11/h1-7,10,19H,8-9H2,(H,24,25). The number of ketones is 1. The minimum absolute atomic E-state index is 0.151. The van der Waals surface area contributed by atoms with Gasteiger partial charge in [-0.1, -0.05) is 36.4 Å². The number of nitrogens with zero attached hydrogens (tertiary/aromatic N) is 3. The van der Waals surface area contributed by atoms with Gasteiger partial charge < -0.3 is 4.42 Å². The highest BCUT2D eigenvalue weighted by molar-refractivity contribution is 7.77. The third kappa shape index (κ3) is 4.04. The molecule has 2 aromatic carbocycles. The number of nitrogens with one attached hydrogen (secondary N) is 1. The van der Waals surface area contributed by atoms with E-state index >= 15 is 0 Å². The average molecular weight is 414 g/mol. The summed E-state index contributed by atoms with van der Waals surface area (Å²) in [5, 5.41) is 7.81. The van der Waals surface area contributed by atoms with E-state index in [9.17, 15) is 9.00 Å². The molecule has 0 radical (unpaired) electrons. The number of carbonyl (C=O) groups is 1. The number of thiazole rings is 1. The molecule has 28 heavy (non-hydrogen) atoms. The average Bonchev–Trinajstić information content (AvgIpc) is 3.34. The van der Waals surface area contributed by atoms with Crippen LogP contribution in [0.4, 0.5) is 0 Å². The highest BCUT2D eigenvalue weighted by Gasteiger charge is 2.21. The second-order valence-electron chi connectivity index (χ2n) is 5.79. The van der Waals surface area contributed by atoms with E-state index in [1.54, 1.807) is 0 Å². The van der Waals surface area contributed by atoms with Crippen molar-refractivity contribution in [2.75, 3.05) is 6.54 Å².